The van der Waals surface area contributed by atoms with Gasteiger partial charge in [-0.25, -0.2) is 0 Å². The summed E-state index contributed by atoms with van der Waals surface area (Å²) in [7, 11) is 0. The lowest BCUT2D eigenvalue weighted by atomic mass is 9.85. The van der Waals surface area contributed by atoms with Gasteiger partial charge in [0.25, 0.3) is 0 Å². The number of unbranched alkanes of at least 4 members (excludes halogenated alkanes) is 6. The first-order chi connectivity index (χ1) is 15.1. The van der Waals surface area contributed by atoms with Gasteiger partial charge < -0.3 is 10.0 Å². The molecule has 31 heavy (non-hydrogen) atoms. The molecule has 2 nitrogen and oxygen atoms in total. The van der Waals surface area contributed by atoms with E-state index in [1.807, 2.05) is 0 Å². The number of benzene rings is 2. The van der Waals surface area contributed by atoms with Crippen molar-refractivity contribution < 1.29 is 5.11 Å². The van der Waals surface area contributed by atoms with E-state index in [0.29, 0.717) is 0 Å². The molecule has 1 aliphatic carbocycles. The molecule has 0 amide bonds. The monoisotopic (exact) mass is 423 g/mol. The summed E-state index contributed by atoms with van der Waals surface area (Å²) in [5.74, 6) is 0. The minimum atomic E-state index is -0.405. The molecule has 0 saturated heterocycles. The first-order valence-corrected chi connectivity index (χ1v) is 13.1. The first-order valence-electron chi connectivity index (χ1n) is 13.1. The molecule has 3 rings (SSSR count). The largest absolute Gasteiger partial charge is 0.387 e. The lowest BCUT2D eigenvalue weighted by molar-refractivity contribution is 0.110. The number of nitrogens with zero attached hydrogens (tertiary/aromatic N) is 1. The van der Waals surface area contributed by atoms with Gasteiger partial charge in [0, 0.05) is 6.54 Å². The molecule has 1 aliphatic rings. The molecule has 1 unspecified atom stereocenters. The van der Waals surface area contributed by atoms with Gasteiger partial charge in [-0.05, 0) is 97.6 Å². The van der Waals surface area contributed by atoms with Gasteiger partial charge in [-0.1, -0.05) is 70.6 Å². The Balaban J connectivity index is 1.70. The normalized spacial score (nSPS) is 14.9. The van der Waals surface area contributed by atoms with Crippen LogP contribution >= 0.6 is 0 Å². The first kappa shape index (κ1) is 24.3. The van der Waals surface area contributed by atoms with Crippen LogP contribution in [-0.2, 0) is 12.8 Å². The fraction of sp³-hybridized carbons (Fsp3) is 0.655. The quantitative estimate of drug-likeness (QED) is 0.337. The highest BCUT2D eigenvalue weighted by atomic mass is 16.3. The van der Waals surface area contributed by atoms with Gasteiger partial charge in [-0.3, -0.25) is 0 Å². The zero-order valence-electron chi connectivity index (χ0n) is 20.4. The van der Waals surface area contributed by atoms with E-state index in [1.54, 1.807) is 11.1 Å². The molecular weight excluding hydrogens is 378 g/mol. The summed E-state index contributed by atoms with van der Waals surface area (Å²) < 4.78 is 0. The van der Waals surface area contributed by atoms with Gasteiger partial charge in [0.1, 0.15) is 0 Å². The number of hydrogen-bond donors (Lipinski definition) is 1. The van der Waals surface area contributed by atoms with Crippen molar-refractivity contribution in [2.75, 3.05) is 19.6 Å². The van der Waals surface area contributed by atoms with Crippen LogP contribution in [0.5, 0.6) is 0 Å². The number of aryl methyl sites for hydroxylation is 3. The second-order valence-electron chi connectivity index (χ2n) is 9.78. The highest BCUT2D eigenvalue weighted by Gasteiger charge is 2.17. The molecule has 0 saturated carbocycles. The van der Waals surface area contributed by atoms with Gasteiger partial charge >= 0.3 is 0 Å². The zero-order chi connectivity index (χ0) is 22.1. The predicted molar refractivity (Wildman–Crippen MR) is 135 cm³/mol. The predicted octanol–water partition coefficient (Wildman–Crippen LogP) is 7.52. The Labute approximate surface area is 191 Å². The number of hydrogen-bond acceptors (Lipinski definition) is 2. The molecule has 0 aliphatic heterocycles. The Morgan fingerprint density at radius 2 is 1.52 bits per heavy atom. The van der Waals surface area contributed by atoms with Crippen LogP contribution in [0.2, 0.25) is 0 Å². The molecule has 0 bridgehead atoms. The minimum absolute atomic E-state index is 0.405. The Hall–Kier alpha value is -1.38. The fourth-order valence-electron chi connectivity index (χ4n) is 5.26. The van der Waals surface area contributed by atoms with Crippen molar-refractivity contribution in [2.24, 2.45) is 0 Å². The summed E-state index contributed by atoms with van der Waals surface area (Å²) in [6.07, 6.45) is 14.9. The summed E-state index contributed by atoms with van der Waals surface area (Å²) in [5.41, 5.74) is 5.55. The lowest BCUT2D eigenvalue weighted by Crippen LogP contribution is -2.31. The van der Waals surface area contributed by atoms with E-state index in [2.05, 4.69) is 49.9 Å². The maximum absolute atomic E-state index is 11.1. The summed E-state index contributed by atoms with van der Waals surface area (Å²) in [4.78, 5) is 2.51. The number of fused-ring (bicyclic) bond motifs is 3. The van der Waals surface area contributed by atoms with Crippen LogP contribution in [0, 0.1) is 6.92 Å². The van der Waals surface area contributed by atoms with Crippen LogP contribution in [0.3, 0.4) is 0 Å². The van der Waals surface area contributed by atoms with Crippen LogP contribution in [-0.4, -0.2) is 29.6 Å². The molecule has 0 spiro atoms. The van der Waals surface area contributed by atoms with Gasteiger partial charge in [0.05, 0.1) is 6.10 Å². The van der Waals surface area contributed by atoms with Crippen LogP contribution in [0.4, 0.5) is 0 Å². The average Bonchev–Trinajstić information content (AvgIpc) is 2.79. The van der Waals surface area contributed by atoms with Crippen molar-refractivity contribution in [3.63, 3.8) is 0 Å². The SMILES string of the molecule is CCCCCCN(CCCCCC)CC(O)c1ccc2c3c(cc(C)c2c1)CCCC3. The average molecular weight is 424 g/mol. The van der Waals surface area contributed by atoms with E-state index in [9.17, 15) is 5.11 Å². The van der Waals surface area contributed by atoms with Crippen molar-refractivity contribution in [3.8, 4) is 0 Å². The molecule has 1 atom stereocenters. The van der Waals surface area contributed by atoms with Gasteiger partial charge in [-0.15, -0.1) is 0 Å². The molecule has 172 valence electrons. The van der Waals surface area contributed by atoms with Crippen LogP contribution in [0.15, 0.2) is 24.3 Å². The van der Waals surface area contributed by atoms with Crippen molar-refractivity contribution in [2.45, 2.75) is 104 Å². The van der Waals surface area contributed by atoms with Gasteiger partial charge in [-0.2, -0.15) is 0 Å². The van der Waals surface area contributed by atoms with E-state index in [4.69, 9.17) is 0 Å². The molecule has 2 heteroatoms. The highest BCUT2D eigenvalue weighted by molar-refractivity contribution is 5.90. The Bertz CT molecular complexity index is 800. The van der Waals surface area contributed by atoms with Crippen LogP contribution in [0.1, 0.15) is 106 Å². The molecular formula is C29H45NO. The Morgan fingerprint density at radius 1 is 0.839 bits per heavy atom. The second kappa shape index (κ2) is 12.6. The summed E-state index contributed by atoms with van der Waals surface area (Å²) in [6.45, 7) is 9.76. The van der Waals surface area contributed by atoms with Crippen LogP contribution in [0.25, 0.3) is 10.8 Å². The number of aliphatic hydroxyl groups excluding tert-OH is 1. The highest BCUT2D eigenvalue weighted by Crippen LogP contribution is 2.33. The van der Waals surface area contributed by atoms with Crippen LogP contribution < -0.4 is 0 Å². The molecule has 1 N–H and O–H groups in total. The van der Waals surface area contributed by atoms with E-state index in [-0.39, 0.29) is 0 Å². The number of aliphatic hydroxyl groups is 1. The third-order valence-corrected chi connectivity index (χ3v) is 7.17. The van der Waals surface area contributed by atoms with Crippen molar-refractivity contribution in [3.05, 3.63) is 46.5 Å². The maximum Gasteiger partial charge on any atom is 0.0917 e. The fourth-order valence-corrected chi connectivity index (χ4v) is 5.26. The molecule has 2 aromatic rings. The lowest BCUT2D eigenvalue weighted by Gasteiger charge is -2.26. The Kier molecular flexibility index (Phi) is 9.87. The van der Waals surface area contributed by atoms with Gasteiger partial charge in [0.15, 0.2) is 0 Å². The molecule has 0 aromatic heterocycles. The molecule has 2 aromatic carbocycles. The van der Waals surface area contributed by atoms with E-state index in [1.165, 1.54) is 93.4 Å². The van der Waals surface area contributed by atoms with Crippen molar-refractivity contribution in [1.29, 1.82) is 0 Å². The number of rotatable bonds is 13. The zero-order valence-corrected chi connectivity index (χ0v) is 20.4. The third-order valence-electron chi connectivity index (χ3n) is 7.17. The summed E-state index contributed by atoms with van der Waals surface area (Å²) in [5, 5.41) is 13.9. The summed E-state index contributed by atoms with van der Waals surface area (Å²) >= 11 is 0. The van der Waals surface area contributed by atoms with E-state index >= 15 is 0 Å². The van der Waals surface area contributed by atoms with Gasteiger partial charge in [0.2, 0.25) is 0 Å². The summed E-state index contributed by atoms with van der Waals surface area (Å²) in [6, 6.07) is 9.16. The Morgan fingerprint density at radius 3 is 2.19 bits per heavy atom. The topological polar surface area (TPSA) is 23.5 Å². The second-order valence-corrected chi connectivity index (χ2v) is 9.78. The smallest absolute Gasteiger partial charge is 0.0917 e. The molecule has 0 heterocycles. The van der Waals surface area contributed by atoms with Crippen molar-refractivity contribution in [1.82, 2.24) is 4.90 Å². The maximum atomic E-state index is 11.1. The standard InChI is InChI=1S/C29H45NO/c1-4-6-8-12-18-30(19-13-9-7-5-2)22-29(31)25-16-17-27-26-15-11-10-14-24(26)20-23(3)28(27)21-25/h16-17,20-21,29,31H,4-15,18-19,22H2,1-3H3. The third kappa shape index (κ3) is 6.80. The minimum Gasteiger partial charge on any atom is -0.387 e. The van der Waals surface area contributed by atoms with Crippen molar-refractivity contribution >= 4 is 10.8 Å². The molecule has 0 radical (unpaired) electrons. The molecule has 0 fully saturated rings. The van der Waals surface area contributed by atoms with E-state index in [0.717, 1.165) is 25.2 Å². The van der Waals surface area contributed by atoms with E-state index < -0.39 is 6.10 Å².